The number of carbonyl (C=O) groups excluding carboxylic acids is 2. The molecule has 17 N–H and O–H groups in total. The van der Waals surface area contributed by atoms with Crippen LogP contribution >= 0.6 is 0 Å². The number of aliphatic hydroxyl groups is 17. The van der Waals surface area contributed by atoms with Crippen LogP contribution in [0.1, 0.15) is 0 Å². The third-order valence-electron chi connectivity index (χ3n) is 5.85. The first-order chi connectivity index (χ1) is 17.4. The van der Waals surface area contributed by atoms with Crippen molar-refractivity contribution in [3.63, 3.8) is 0 Å². The summed E-state index contributed by atoms with van der Waals surface area (Å²) in [5, 5.41) is 165. The summed E-state index contributed by atoms with van der Waals surface area (Å²) >= 11 is 0. The third kappa shape index (κ3) is 7.87. The standard InChI is InChI=1S/C19H36O19/c20-1-4(23)7(26)9(28)11(30)13(32)15(34)17(36)19(38,6(25)3-22)18(37)16(35)14(33)12(31)10(29)8(27)5(24)2-21/h4-16,20-35,38H,1-3H2. The van der Waals surface area contributed by atoms with E-state index in [1.807, 2.05) is 0 Å². The van der Waals surface area contributed by atoms with Gasteiger partial charge in [0, 0.05) is 0 Å². The van der Waals surface area contributed by atoms with Crippen molar-refractivity contribution in [3.05, 3.63) is 0 Å². The molecule has 13 atom stereocenters. The van der Waals surface area contributed by atoms with E-state index in [2.05, 4.69) is 0 Å². The molecule has 38 heavy (non-hydrogen) atoms. The lowest BCUT2D eigenvalue weighted by molar-refractivity contribution is -0.195. The van der Waals surface area contributed by atoms with Crippen molar-refractivity contribution in [2.24, 2.45) is 0 Å². The van der Waals surface area contributed by atoms with Crippen molar-refractivity contribution in [1.29, 1.82) is 0 Å². The largest absolute Gasteiger partial charge is 0.394 e. The Hall–Kier alpha value is -1.34. The molecule has 0 aliphatic heterocycles. The van der Waals surface area contributed by atoms with Crippen molar-refractivity contribution in [2.45, 2.75) is 85.0 Å². The van der Waals surface area contributed by atoms with E-state index >= 15 is 0 Å². The molecular formula is C19H36O19. The van der Waals surface area contributed by atoms with E-state index in [1.165, 1.54) is 0 Å². The van der Waals surface area contributed by atoms with Crippen LogP contribution in [-0.4, -0.2) is 203 Å². The van der Waals surface area contributed by atoms with Gasteiger partial charge in [-0.15, -0.1) is 0 Å². The van der Waals surface area contributed by atoms with Gasteiger partial charge in [-0.1, -0.05) is 0 Å². The average Bonchev–Trinajstić information content (AvgIpc) is 2.93. The highest BCUT2D eigenvalue weighted by atomic mass is 16.4. The molecular weight excluding hydrogens is 532 g/mol. The van der Waals surface area contributed by atoms with Gasteiger partial charge in [0.25, 0.3) is 0 Å². The molecule has 19 nitrogen and oxygen atoms in total. The molecule has 0 heterocycles. The molecule has 0 bridgehead atoms. The van der Waals surface area contributed by atoms with Gasteiger partial charge in [0.15, 0.2) is 0 Å². The Bertz CT molecular complexity index is 685. The Labute approximate surface area is 213 Å². The lowest BCUT2D eigenvalue weighted by atomic mass is 9.78. The topological polar surface area (TPSA) is 378 Å². The first kappa shape index (κ1) is 36.7. The molecule has 0 saturated carbocycles. The lowest BCUT2D eigenvalue weighted by Gasteiger charge is -2.37. The minimum atomic E-state index is -4.14. The average molecular weight is 568 g/mol. The maximum atomic E-state index is 12.7. The molecule has 19 heteroatoms. The van der Waals surface area contributed by atoms with Gasteiger partial charge in [-0.2, -0.15) is 0 Å². The van der Waals surface area contributed by atoms with E-state index in [-0.39, 0.29) is 0 Å². The number of hydrogen-bond acceptors (Lipinski definition) is 19. The van der Waals surface area contributed by atoms with Crippen molar-refractivity contribution < 1.29 is 96.4 Å². The zero-order valence-electron chi connectivity index (χ0n) is 19.5. The highest BCUT2D eigenvalue weighted by Crippen LogP contribution is 2.24. The summed E-state index contributed by atoms with van der Waals surface area (Å²) in [4.78, 5) is 25.4. The van der Waals surface area contributed by atoms with Gasteiger partial charge in [0.05, 0.1) is 19.8 Å². The number of Topliss-reactive ketones (excluding diaryl/α,β-unsaturated/α-hetero) is 2. The van der Waals surface area contributed by atoms with Crippen LogP contribution in [0.3, 0.4) is 0 Å². The van der Waals surface area contributed by atoms with E-state index in [0.29, 0.717) is 0 Å². The quantitative estimate of drug-likeness (QED) is 0.0682. The molecule has 0 fully saturated rings. The fourth-order valence-corrected chi connectivity index (χ4v) is 3.20. The maximum Gasteiger partial charge on any atom is 0.215 e. The lowest BCUT2D eigenvalue weighted by Crippen LogP contribution is -2.67. The molecule has 0 aliphatic rings. The molecule has 0 aromatic rings. The maximum absolute atomic E-state index is 12.7. The Morgan fingerprint density at radius 1 is 0.447 bits per heavy atom. The van der Waals surface area contributed by atoms with E-state index in [1.54, 1.807) is 0 Å². The van der Waals surface area contributed by atoms with Gasteiger partial charge < -0.3 is 86.8 Å². The number of rotatable bonds is 18. The van der Waals surface area contributed by atoms with E-state index in [0.717, 1.165) is 0 Å². The second-order valence-electron chi connectivity index (χ2n) is 8.51. The van der Waals surface area contributed by atoms with Crippen LogP contribution in [0.15, 0.2) is 0 Å². The number of ketones is 2. The van der Waals surface area contributed by atoms with Crippen molar-refractivity contribution in [2.75, 3.05) is 19.8 Å². The van der Waals surface area contributed by atoms with E-state index < -0.39 is 116 Å². The molecule has 0 aromatic heterocycles. The minimum Gasteiger partial charge on any atom is -0.394 e. The van der Waals surface area contributed by atoms with Gasteiger partial charge in [-0.25, -0.2) is 0 Å². The normalized spacial score (nSPS) is 24.3. The second kappa shape index (κ2) is 15.4. The summed E-state index contributed by atoms with van der Waals surface area (Å²) < 4.78 is 0. The summed E-state index contributed by atoms with van der Waals surface area (Å²) in [5.74, 6) is -4.76. The first-order valence-electron chi connectivity index (χ1n) is 10.9. The first-order valence-corrected chi connectivity index (χ1v) is 10.9. The highest BCUT2D eigenvalue weighted by molar-refractivity contribution is 6.14. The molecule has 0 aliphatic carbocycles. The fourth-order valence-electron chi connectivity index (χ4n) is 3.20. The minimum absolute atomic E-state index is 1.16. The molecule has 0 aromatic carbocycles. The third-order valence-corrected chi connectivity index (χ3v) is 5.85. The zero-order chi connectivity index (χ0) is 30.3. The van der Waals surface area contributed by atoms with Gasteiger partial charge >= 0.3 is 0 Å². The Morgan fingerprint density at radius 3 is 0.947 bits per heavy atom. The molecule has 0 radical (unpaired) electrons. The second-order valence-corrected chi connectivity index (χ2v) is 8.51. The molecule has 0 amide bonds. The van der Waals surface area contributed by atoms with Crippen LogP contribution in [-0.2, 0) is 9.59 Å². The van der Waals surface area contributed by atoms with Crippen molar-refractivity contribution in [1.82, 2.24) is 0 Å². The van der Waals surface area contributed by atoms with Gasteiger partial charge in [-0.05, 0) is 0 Å². The summed E-state index contributed by atoms with van der Waals surface area (Å²) in [6.07, 6.45) is -34.7. The molecule has 13 unspecified atom stereocenters. The van der Waals surface area contributed by atoms with E-state index in [9.17, 15) is 86.2 Å². The predicted molar refractivity (Wildman–Crippen MR) is 114 cm³/mol. The van der Waals surface area contributed by atoms with Crippen LogP contribution in [0.25, 0.3) is 0 Å². The molecule has 226 valence electrons. The number of aliphatic hydroxyl groups excluding tert-OH is 16. The number of hydrogen-bond donors (Lipinski definition) is 17. The van der Waals surface area contributed by atoms with Crippen molar-refractivity contribution in [3.8, 4) is 0 Å². The molecule has 0 spiro atoms. The van der Waals surface area contributed by atoms with Gasteiger partial charge in [0.2, 0.25) is 17.2 Å². The summed E-state index contributed by atoms with van der Waals surface area (Å²) in [6, 6.07) is 0. The Morgan fingerprint density at radius 2 is 0.711 bits per heavy atom. The zero-order valence-corrected chi connectivity index (χ0v) is 19.5. The molecule has 0 rings (SSSR count). The highest BCUT2D eigenvalue weighted by Gasteiger charge is 2.57. The van der Waals surface area contributed by atoms with Gasteiger partial charge in [-0.3, -0.25) is 9.59 Å². The Balaban J connectivity index is 6.05. The summed E-state index contributed by atoms with van der Waals surface area (Å²) in [5.41, 5.74) is -4.14. The van der Waals surface area contributed by atoms with Crippen LogP contribution in [0.4, 0.5) is 0 Å². The van der Waals surface area contributed by atoms with E-state index in [4.69, 9.17) is 10.2 Å². The SMILES string of the molecule is O=C(C(O)C(O)C(O)C(O)C(O)C(O)CO)C(O)(C(=O)C(O)C(O)C(O)C(O)C(O)C(O)CO)C(O)CO. The Kier molecular flexibility index (Phi) is 14.9. The monoisotopic (exact) mass is 568 g/mol. The number of carbonyl (C=O) groups is 2. The van der Waals surface area contributed by atoms with Crippen LogP contribution < -0.4 is 0 Å². The summed E-state index contributed by atoms with van der Waals surface area (Å²) in [7, 11) is 0. The summed E-state index contributed by atoms with van der Waals surface area (Å²) in [6.45, 7) is -3.98. The van der Waals surface area contributed by atoms with Crippen LogP contribution in [0, 0.1) is 0 Å². The van der Waals surface area contributed by atoms with Crippen molar-refractivity contribution >= 4 is 11.6 Å². The molecule has 0 saturated heterocycles. The van der Waals surface area contributed by atoms with Crippen LogP contribution in [0.5, 0.6) is 0 Å². The predicted octanol–water partition coefficient (Wildman–Crippen LogP) is -11.5. The smallest absolute Gasteiger partial charge is 0.215 e. The fraction of sp³-hybridized carbons (Fsp3) is 0.895. The van der Waals surface area contributed by atoms with Crippen LogP contribution in [0.2, 0.25) is 0 Å². The van der Waals surface area contributed by atoms with Gasteiger partial charge in [0.1, 0.15) is 79.4 Å².